The van der Waals surface area contributed by atoms with Gasteiger partial charge in [-0.1, -0.05) is 13.3 Å². The van der Waals surface area contributed by atoms with E-state index in [1.165, 1.54) is 4.90 Å². The first-order valence-corrected chi connectivity index (χ1v) is 7.42. The van der Waals surface area contributed by atoms with Crippen molar-refractivity contribution in [2.45, 2.75) is 45.2 Å². The van der Waals surface area contributed by atoms with Crippen molar-refractivity contribution >= 4 is 12.0 Å². The van der Waals surface area contributed by atoms with Crippen LogP contribution in [0.4, 0.5) is 4.79 Å². The molecule has 0 aliphatic carbocycles. The Kier molecular flexibility index (Phi) is 4.86. The number of morpholine rings is 1. The van der Waals surface area contributed by atoms with Crippen molar-refractivity contribution in [3.63, 3.8) is 0 Å². The van der Waals surface area contributed by atoms with Gasteiger partial charge in [0.05, 0.1) is 19.3 Å². The Balaban J connectivity index is 2.08. The van der Waals surface area contributed by atoms with E-state index in [1.54, 1.807) is 4.90 Å². The summed E-state index contributed by atoms with van der Waals surface area (Å²) in [5.74, 6) is -0.486. The van der Waals surface area contributed by atoms with Gasteiger partial charge in [-0.05, 0) is 25.7 Å². The monoisotopic (exact) mass is 284 g/mol. The number of aliphatic carboxylic acids is 1. The van der Waals surface area contributed by atoms with E-state index < -0.39 is 12.0 Å². The average molecular weight is 284 g/mol. The van der Waals surface area contributed by atoms with E-state index >= 15 is 0 Å². The van der Waals surface area contributed by atoms with Crippen molar-refractivity contribution in [2.24, 2.45) is 5.92 Å². The number of rotatable bonds is 2. The van der Waals surface area contributed by atoms with Gasteiger partial charge in [0.2, 0.25) is 0 Å². The molecule has 0 radical (unpaired) electrons. The topological polar surface area (TPSA) is 70.1 Å². The molecule has 6 heteroatoms. The first kappa shape index (κ1) is 15.1. The number of carbonyl (C=O) groups is 2. The van der Waals surface area contributed by atoms with Crippen molar-refractivity contribution in [2.75, 3.05) is 26.3 Å². The number of carbonyl (C=O) groups excluding carboxylic acids is 1. The first-order valence-electron chi connectivity index (χ1n) is 7.42. The number of hydrogen-bond donors (Lipinski definition) is 1. The molecule has 3 atom stereocenters. The summed E-state index contributed by atoms with van der Waals surface area (Å²) in [4.78, 5) is 27.3. The van der Waals surface area contributed by atoms with Crippen LogP contribution in [0.5, 0.6) is 0 Å². The number of likely N-dealkylation sites (tertiary alicyclic amines) is 1. The van der Waals surface area contributed by atoms with Crippen molar-refractivity contribution in [1.82, 2.24) is 9.80 Å². The number of amides is 2. The lowest BCUT2D eigenvalue weighted by molar-refractivity contribution is -0.144. The summed E-state index contributed by atoms with van der Waals surface area (Å²) >= 11 is 0. The van der Waals surface area contributed by atoms with Gasteiger partial charge in [-0.2, -0.15) is 0 Å². The third-order valence-corrected chi connectivity index (χ3v) is 4.43. The summed E-state index contributed by atoms with van der Waals surface area (Å²) in [5.41, 5.74) is 0. The lowest BCUT2D eigenvalue weighted by Gasteiger charge is -2.42. The normalized spacial score (nSPS) is 31.2. The van der Waals surface area contributed by atoms with Crippen LogP contribution < -0.4 is 0 Å². The maximum absolute atomic E-state index is 12.6. The molecule has 0 spiro atoms. The van der Waals surface area contributed by atoms with Crippen LogP contribution in [0.1, 0.15) is 33.1 Å². The minimum atomic E-state index is -0.891. The second-order valence-electron chi connectivity index (χ2n) is 5.75. The zero-order valence-electron chi connectivity index (χ0n) is 12.2. The summed E-state index contributed by atoms with van der Waals surface area (Å²) < 4.78 is 5.33. The molecule has 6 nitrogen and oxygen atoms in total. The van der Waals surface area contributed by atoms with Gasteiger partial charge in [-0.25, -0.2) is 9.59 Å². The lowest BCUT2D eigenvalue weighted by Crippen LogP contribution is -2.58. The van der Waals surface area contributed by atoms with E-state index in [9.17, 15) is 14.7 Å². The molecule has 114 valence electrons. The Hall–Kier alpha value is -1.30. The molecule has 1 N–H and O–H groups in total. The number of carboxylic acid groups (broad SMARTS) is 1. The molecule has 2 amide bonds. The minimum Gasteiger partial charge on any atom is -0.480 e. The quantitative estimate of drug-likeness (QED) is 0.832. The van der Waals surface area contributed by atoms with Crippen LogP contribution in [0.2, 0.25) is 0 Å². The summed E-state index contributed by atoms with van der Waals surface area (Å²) in [7, 11) is 0. The molecule has 2 rings (SSSR count). The third-order valence-electron chi connectivity index (χ3n) is 4.43. The molecule has 20 heavy (non-hydrogen) atoms. The summed E-state index contributed by atoms with van der Waals surface area (Å²) in [6, 6.07) is -0.825. The van der Waals surface area contributed by atoms with Crippen LogP contribution >= 0.6 is 0 Å². The Bertz CT molecular complexity index is 374. The van der Waals surface area contributed by atoms with E-state index in [0.29, 0.717) is 38.6 Å². The van der Waals surface area contributed by atoms with Crippen LogP contribution in [-0.2, 0) is 9.53 Å². The molecule has 3 unspecified atom stereocenters. The van der Waals surface area contributed by atoms with E-state index in [2.05, 4.69) is 6.92 Å². The number of piperidine rings is 1. The average Bonchev–Trinajstić information content (AvgIpc) is 2.46. The van der Waals surface area contributed by atoms with Gasteiger partial charge in [0.1, 0.15) is 6.04 Å². The zero-order valence-corrected chi connectivity index (χ0v) is 12.2. The summed E-state index contributed by atoms with van der Waals surface area (Å²) in [6.07, 6.45) is 2.43. The molecule has 2 saturated heterocycles. The van der Waals surface area contributed by atoms with Gasteiger partial charge >= 0.3 is 12.0 Å². The molecular weight excluding hydrogens is 260 g/mol. The predicted molar refractivity (Wildman–Crippen MR) is 73.5 cm³/mol. The van der Waals surface area contributed by atoms with E-state index in [1.807, 2.05) is 6.92 Å². The van der Waals surface area contributed by atoms with Crippen molar-refractivity contribution in [1.29, 1.82) is 0 Å². The van der Waals surface area contributed by atoms with Gasteiger partial charge in [0.15, 0.2) is 0 Å². The number of hydrogen-bond acceptors (Lipinski definition) is 3. The van der Waals surface area contributed by atoms with Crippen LogP contribution in [0, 0.1) is 5.92 Å². The van der Waals surface area contributed by atoms with Gasteiger partial charge in [0, 0.05) is 13.1 Å². The second kappa shape index (κ2) is 6.43. The standard InChI is InChI=1S/C14H24N2O4/c1-3-11-4-5-16(12(8-11)13(17)18)14(19)15-6-7-20-9-10(15)2/h10-12H,3-9H2,1-2H3,(H,17,18). The molecule has 0 aromatic carbocycles. The molecule has 2 aliphatic heterocycles. The fraction of sp³-hybridized carbons (Fsp3) is 0.857. The maximum atomic E-state index is 12.6. The Morgan fingerprint density at radius 1 is 1.30 bits per heavy atom. The minimum absolute atomic E-state index is 0.00888. The molecular formula is C14H24N2O4. The molecule has 2 fully saturated rings. The van der Waals surface area contributed by atoms with Crippen LogP contribution in [0.15, 0.2) is 0 Å². The molecule has 0 saturated carbocycles. The number of nitrogens with zero attached hydrogens (tertiary/aromatic N) is 2. The highest BCUT2D eigenvalue weighted by atomic mass is 16.5. The maximum Gasteiger partial charge on any atom is 0.326 e. The van der Waals surface area contributed by atoms with Crippen LogP contribution in [0.25, 0.3) is 0 Å². The fourth-order valence-corrected chi connectivity index (χ4v) is 3.05. The fourth-order valence-electron chi connectivity index (χ4n) is 3.05. The van der Waals surface area contributed by atoms with Crippen molar-refractivity contribution in [3.05, 3.63) is 0 Å². The lowest BCUT2D eigenvalue weighted by atomic mass is 9.89. The Morgan fingerprint density at radius 2 is 2.05 bits per heavy atom. The van der Waals surface area contributed by atoms with E-state index in [4.69, 9.17) is 4.74 Å². The predicted octanol–water partition coefficient (Wildman–Crippen LogP) is 1.40. The Morgan fingerprint density at radius 3 is 2.65 bits per heavy atom. The Labute approximate surface area is 119 Å². The first-order chi connectivity index (χ1) is 9.54. The van der Waals surface area contributed by atoms with Crippen LogP contribution in [-0.4, -0.2) is 65.3 Å². The smallest absolute Gasteiger partial charge is 0.326 e. The highest BCUT2D eigenvalue weighted by Crippen LogP contribution is 2.27. The van der Waals surface area contributed by atoms with Gasteiger partial charge in [-0.15, -0.1) is 0 Å². The van der Waals surface area contributed by atoms with Crippen LogP contribution in [0.3, 0.4) is 0 Å². The SMILES string of the molecule is CCC1CCN(C(=O)N2CCOCC2C)C(C(=O)O)C1. The third kappa shape index (κ3) is 3.06. The van der Waals surface area contributed by atoms with Crippen molar-refractivity contribution in [3.8, 4) is 0 Å². The highest BCUT2D eigenvalue weighted by Gasteiger charge is 2.38. The number of urea groups is 1. The van der Waals surface area contributed by atoms with E-state index in [-0.39, 0.29) is 12.1 Å². The van der Waals surface area contributed by atoms with Gasteiger partial charge < -0.3 is 19.6 Å². The van der Waals surface area contributed by atoms with E-state index in [0.717, 1.165) is 12.8 Å². The molecule has 0 aromatic heterocycles. The largest absolute Gasteiger partial charge is 0.480 e. The van der Waals surface area contributed by atoms with Crippen molar-refractivity contribution < 1.29 is 19.4 Å². The molecule has 0 bridgehead atoms. The number of carboxylic acids is 1. The van der Waals surface area contributed by atoms with Gasteiger partial charge in [-0.3, -0.25) is 0 Å². The summed E-state index contributed by atoms with van der Waals surface area (Å²) in [6.45, 7) is 6.14. The molecule has 0 aromatic rings. The second-order valence-corrected chi connectivity index (χ2v) is 5.75. The molecule has 2 heterocycles. The van der Waals surface area contributed by atoms with Gasteiger partial charge in [0.25, 0.3) is 0 Å². The molecule has 2 aliphatic rings. The zero-order chi connectivity index (χ0) is 14.7. The summed E-state index contributed by atoms with van der Waals surface area (Å²) in [5, 5.41) is 9.40. The number of ether oxygens (including phenoxy) is 1. The highest BCUT2D eigenvalue weighted by molar-refractivity contribution is 5.83.